The second-order valence-electron chi connectivity index (χ2n) is 4.46. The average molecular weight is 252 g/mol. The second-order valence-corrected chi connectivity index (χ2v) is 4.46. The van der Waals surface area contributed by atoms with Gasteiger partial charge in [-0.1, -0.05) is 0 Å². The third kappa shape index (κ3) is 3.10. The van der Waals surface area contributed by atoms with Crippen LogP contribution in [0.5, 0.6) is 0 Å². The van der Waals surface area contributed by atoms with E-state index in [1.54, 1.807) is 0 Å². The van der Waals surface area contributed by atoms with Crippen molar-refractivity contribution in [3.8, 4) is 0 Å². The molecule has 0 amide bonds. The van der Waals surface area contributed by atoms with E-state index in [0.717, 1.165) is 25.9 Å². The van der Waals surface area contributed by atoms with Crippen LogP contribution in [0.25, 0.3) is 0 Å². The number of piperidine rings is 1. The quantitative estimate of drug-likeness (QED) is 0.728. The van der Waals surface area contributed by atoms with E-state index in [9.17, 15) is 18.0 Å². The van der Waals surface area contributed by atoms with Crippen LogP contribution < -0.4 is 5.32 Å². The third-order valence-electron chi connectivity index (χ3n) is 3.21. The number of halogens is 3. The van der Waals surface area contributed by atoms with Crippen LogP contribution >= 0.6 is 0 Å². The molecule has 17 heavy (non-hydrogen) atoms. The number of alkyl halides is 3. The van der Waals surface area contributed by atoms with Crippen molar-refractivity contribution in [3.63, 3.8) is 0 Å². The van der Waals surface area contributed by atoms with E-state index in [1.165, 1.54) is 0 Å². The molecule has 0 bridgehead atoms. The molecule has 0 saturated carbocycles. The zero-order valence-electron chi connectivity index (χ0n) is 9.29. The van der Waals surface area contributed by atoms with Gasteiger partial charge in [-0.3, -0.25) is 4.90 Å². The number of nitrogens with one attached hydrogen (secondary N) is 1. The number of ether oxygens (including phenoxy) is 1. The lowest BCUT2D eigenvalue weighted by molar-refractivity contribution is -0.212. The minimum Gasteiger partial charge on any atom is -0.453 e. The Morgan fingerprint density at radius 1 is 1.24 bits per heavy atom. The molecule has 2 aliphatic rings. The van der Waals surface area contributed by atoms with E-state index in [1.807, 2.05) is 0 Å². The van der Waals surface area contributed by atoms with Crippen LogP contribution in [-0.2, 0) is 9.53 Å². The van der Waals surface area contributed by atoms with Gasteiger partial charge in [0.1, 0.15) is 6.10 Å². The summed E-state index contributed by atoms with van der Waals surface area (Å²) in [7, 11) is 0. The van der Waals surface area contributed by atoms with Crippen LogP contribution in [-0.4, -0.2) is 55.4 Å². The molecular formula is C10H15F3N2O2. The monoisotopic (exact) mass is 252 g/mol. The Balaban J connectivity index is 1.70. The topological polar surface area (TPSA) is 41.6 Å². The maximum atomic E-state index is 11.9. The molecule has 0 aromatic heterocycles. The number of carbonyl (C=O) groups excluding carboxylic acids is 1. The van der Waals surface area contributed by atoms with Gasteiger partial charge >= 0.3 is 12.1 Å². The molecule has 1 N–H and O–H groups in total. The molecule has 0 aromatic rings. The number of esters is 1. The second kappa shape index (κ2) is 4.81. The summed E-state index contributed by atoms with van der Waals surface area (Å²) >= 11 is 0. The molecule has 2 fully saturated rings. The maximum Gasteiger partial charge on any atom is 0.490 e. The summed E-state index contributed by atoms with van der Waals surface area (Å²) in [6, 6.07) is 0.414. The molecule has 0 radical (unpaired) electrons. The van der Waals surface area contributed by atoms with Crippen molar-refractivity contribution in [2.45, 2.75) is 31.2 Å². The highest BCUT2D eigenvalue weighted by Gasteiger charge is 2.44. The van der Waals surface area contributed by atoms with E-state index in [2.05, 4.69) is 15.0 Å². The first kappa shape index (κ1) is 12.6. The fourth-order valence-corrected chi connectivity index (χ4v) is 2.23. The Labute approximate surface area is 97.1 Å². The van der Waals surface area contributed by atoms with Crippen LogP contribution in [0.3, 0.4) is 0 Å². The van der Waals surface area contributed by atoms with Crippen molar-refractivity contribution in [1.29, 1.82) is 0 Å². The SMILES string of the molecule is O=C(OC1CN(C2CCNCC2)C1)C(F)(F)F. The Bertz CT molecular complexity index is 284. The summed E-state index contributed by atoms with van der Waals surface area (Å²) in [6.07, 6.45) is -3.48. The van der Waals surface area contributed by atoms with E-state index in [-0.39, 0.29) is 0 Å². The lowest BCUT2D eigenvalue weighted by Gasteiger charge is -2.44. The molecule has 0 aliphatic carbocycles. The average Bonchev–Trinajstić information content (AvgIpc) is 2.22. The number of hydrogen-bond donors (Lipinski definition) is 1. The smallest absolute Gasteiger partial charge is 0.453 e. The molecule has 0 spiro atoms. The Hall–Kier alpha value is -0.820. The molecule has 7 heteroatoms. The van der Waals surface area contributed by atoms with Crippen molar-refractivity contribution in [2.75, 3.05) is 26.2 Å². The van der Waals surface area contributed by atoms with Gasteiger partial charge in [0.05, 0.1) is 0 Å². The molecule has 0 aromatic carbocycles. The van der Waals surface area contributed by atoms with Crippen LogP contribution in [0.1, 0.15) is 12.8 Å². The van der Waals surface area contributed by atoms with Crippen LogP contribution in [0, 0.1) is 0 Å². The van der Waals surface area contributed by atoms with E-state index in [4.69, 9.17) is 0 Å². The lowest BCUT2D eigenvalue weighted by atomic mass is 10.00. The molecule has 2 aliphatic heterocycles. The van der Waals surface area contributed by atoms with E-state index in [0.29, 0.717) is 19.1 Å². The molecule has 2 heterocycles. The number of likely N-dealkylation sites (tertiary alicyclic amines) is 1. The van der Waals surface area contributed by atoms with Gasteiger partial charge < -0.3 is 10.1 Å². The molecular weight excluding hydrogens is 237 g/mol. The van der Waals surface area contributed by atoms with Crippen LogP contribution in [0.4, 0.5) is 13.2 Å². The molecule has 0 atom stereocenters. The molecule has 2 saturated heterocycles. The van der Waals surface area contributed by atoms with Gasteiger partial charge in [0.2, 0.25) is 0 Å². The maximum absolute atomic E-state index is 11.9. The highest BCUT2D eigenvalue weighted by molar-refractivity contribution is 5.75. The van der Waals surface area contributed by atoms with Gasteiger partial charge in [-0.05, 0) is 25.9 Å². The third-order valence-corrected chi connectivity index (χ3v) is 3.21. The standard InChI is InChI=1S/C10H15F3N2O2/c11-10(12,13)9(16)17-8-5-15(6-8)7-1-3-14-4-2-7/h7-8,14H,1-6H2. The molecule has 4 nitrogen and oxygen atoms in total. The van der Waals surface area contributed by atoms with Gasteiger partial charge in [0, 0.05) is 19.1 Å². The number of hydrogen-bond acceptors (Lipinski definition) is 4. The first-order valence-corrected chi connectivity index (χ1v) is 5.69. The summed E-state index contributed by atoms with van der Waals surface area (Å²) in [6.45, 7) is 2.72. The molecule has 0 unspecified atom stereocenters. The molecule has 2 rings (SSSR count). The van der Waals surface area contributed by atoms with Gasteiger partial charge in [0.15, 0.2) is 0 Å². The molecule has 98 valence electrons. The van der Waals surface area contributed by atoms with Crippen molar-refractivity contribution in [3.05, 3.63) is 0 Å². The number of rotatable bonds is 2. The number of carbonyl (C=O) groups is 1. The minimum atomic E-state index is -4.88. The lowest BCUT2D eigenvalue weighted by Crippen LogP contribution is -2.59. The predicted molar refractivity (Wildman–Crippen MR) is 53.4 cm³/mol. The minimum absolute atomic E-state index is 0.414. The van der Waals surface area contributed by atoms with Crippen molar-refractivity contribution in [1.82, 2.24) is 10.2 Å². The van der Waals surface area contributed by atoms with Crippen molar-refractivity contribution >= 4 is 5.97 Å². The van der Waals surface area contributed by atoms with E-state index >= 15 is 0 Å². The van der Waals surface area contributed by atoms with Gasteiger partial charge in [-0.15, -0.1) is 0 Å². The van der Waals surface area contributed by atoms with Gasteiger partial charge in [0.25, 0.3) is 0 Å². The van der Waals surface area contributed by atoms with Crippen molar-refractivity contribution < 1.29 is 22.7 Å². The van der Waals surface area contributed by atoms with E-state index < -0.39 is 18.2 Å². The summed E-state index contributed by atoms with van der Waals surface area (Å²) in [5.41, 5.74) is 0. The first-order chi connectivity index (χ1) is 7.97. The summed E-state index contributed by atoms with van der Waals surface area (Å²) in [4.78, 5) is 12.7. The highest BCUT2D eigenvalue weighted by Crippen LogP contribution is 2.24. The number of nitrogens with zero attached hydrogens (tertiary/aromatic N) is 1. The fourth-order valence-electron chi connectivity index (χ4n) is 2.23. The van der Waals surface area contributed by atoms with Crippen molar-refractivity contribution in [2.24, 2.45) is 0 Å². The largest absolute Gasteiger partial charge is 0.490 e. The summed E-state index contributed by atoms with van der Waals surface area (Å²) in [5, 5.41) is 3.22. The summed E-state index contributed by atoms with van der Waals surface area (Å²) in [5.74, 6) is -2.08. The zero-order chi connectivity index (χ0) is 12.5. The zero-order valence-corrected chi connectivity index (χ0v) is 9.29. The normalized spacial score (nSPS) is 24.4. The summed E-state index contributed by atoms with van der Waals surface area (Å²) < 4.78 is 40.1. The van der Waals surface area contributed by atoms with Gasteiger partial charge in [-0.25, -0.2) is 4.79 Å². The van der Waals surface area contributed by atoms with Gasteiger partial charge in [-0.2, -0.15) is 13.2 Å². The highest BCUT2D eigenvalue weighted by atomic mass is 19.4. The predicted octanol–water partition coefficient (Wildman–Crippen LogP) is 0.528. The Morgan fingerprint density at radius 2 is 1.82 bits per heavy atom. The van der Waals surface area contributed by atoms with Crippen LogP contribution in [0.2, 0.25) is 0 Å². The fraction of sp³-hybridized carbons (Fsp3) is 0.900. The first-order valence-electron chi connectivity index (χ1n) is 5.69. The Kier molecular flexibility index (Phi) is 3.58. The Morgan fingerprint density at radius 3 is 2.35 bits per heavy atom. The van der Waals surface area contributed by atoms with Crippen LogP contribution in [0.15, 0.2) is 0 Å².